The van der Waals surface area contributed by atoms with E-state index in [2.05, 4.69) is 20.7 Å². The summed E-state index contributed by atoms with van der Waals surface area (Å²) in [7, 11) is 1.18. The summed E-state index contributed by atoms with van der Waals surface area (Å²) in [5, 5.41) is 27.3. The number of anilines is 1. The minimum atomic E-state index is -1.29. The SMILES string of the molecule is COC(=O)CCC(NC(=O)OC(C)(C)C)C(=O)NC(Cc1ccc(N([O-])O)cc1)C(=O)NCC(=O)OCc1ccccc1. The number of amides is 3. The fraction of sp³-hybridized carbons (Fsp3) is 0.414. The number of benzene rings is 2. The zero-order valence-electron chi connectivity index (χ0n) is 24.5. The maximum absolute atomic E-state index is 13.3. The fourth-order valence-corrected chi connectivity index (χ4v) is 3.63. The molecule has 0 aromatic heterocycles. The summed E-state index contributed by atoms with van der Waals surface area (Å²) in [5.74, 6) is -2.89. The monoisotopic (exact) mass is 601 g/mol. The average Bonchev–Trinajstić information content (AvgIpc) is 2.96. The van der Waals surface area contributed by atoms with Crippen LogP contribution in [0.15, 0.2) is 54.6 Å². The van der Waals surface area contributed by atoms with Gasteiger partial charge in [0.2, 0.25) is 11.8 Å². The van der Waals surface area contributed by atoms with E-state index >= 15 is 0 Å². The van der Waals surface area contributed by atoms with E-state index in [0.29, 0.717) is 5.56 Å². The standard InChI is InChI=1S/C29H37N4O10/c1-29(2,3)43-28(38)32-22(14-15-24(34)41-4)27(37)31-23(16-19-10-12-21(13-11-19)33(39)40)26(36)30-17-25(35)42-18-20-8-6-5-7-9-20/h5-13,22-23,39H,14-18H2,1-4H3,(H,30,36)(H,31,37)(H,32,38)/q-1. The van der Waals surface area contributed by atoms with Crippen molar-refractivity contribution in [3.05, 3.63) is 70.9 Å². The van der Waals surface area contributed by atoms with Gasteiger partial charge in [0, 0.05) is 12.8 Å². The Morgan fingerprint density at radius 2 is 1.53 bits per heavy atom. The number of methoxy groups -OCH3 is 1. The Bertz CT molecular complexity index is 1230. The molecule has 0 aliphatic rings. The zero-order valence-corrected chi connectivity index (χ0v) is 24.5. The molecule has 0 radical (unpaired) electrons. The number of ether oxygens (including phenoxy) is 3. The summed E-state index contributed by atoms with van der Waals surface area (Å²) in [6.45, 7) is 4.41. The van der Waals surface area contributed by atoms with Gasteiger partial charge >= 0.3 is 18.0 Å². The molecule has 0 aliphatic carbocycles. The highest BCUT2D eigenvalue weighted by Gasteiger charge is 2.29. The van der Waals surface area contributed by atoms with Gasteiger partial charge in [0.25, 0.3) is 0 Å². The number of hydrogen-bond acceptors (Lipinski definition) is 11. The minimum absolute atomic E-state index is 0.00184. The number of carbonyl (C=O) groups is 5. The number of esters is 2. The number of nitrogens with one attached hydrogen (secondary N) is 3. The highest BCUT2D eigenvalue weighted by atomic mass is 16.8. The molecule has 14 nitrogen and oxygen atoms in total. The van der Waals surface area contributed by atoms with Crippen molar-refractivity contribution >= 4 is 35.5 Å². The average molecular weight is 602 g/mol. The van der Waals surface area contributed by atoms with Gasteiger partial charge in [-0.3, -0.25) is 24.4 Å². The van der Waals surface area contributed by atoms with Crippen molar-refractivity contribution in [2.24, 2.45) is 0 Å². The largest absolute Gasteiger partial charge is 0.733 e. The molecule has 0 bridgehead atoms. The summed E-state index contributed by atoms with van der Waals surface area (Å²) in [6.07, 6.45) is -1.40. The quantitative estimate of drug-likeness (QED) is 0.141. The highest BCUT2D eigenvalue weighted by molar-refractivity contribution is 5.92. The van der Waals surface area contributed by atoms with E-state index in [1.54, 1.807) is 45.0 Å². The van der Waals surface area contributed by atoms with Crippen molar-refractivity contribution in [2.75, 3.05) is 18.9 Å². The summed E-state index contributed by atoms with van der Waals surface area (Å²) in [6, 6.07) is 11.9. The van der Waals surface area contributed by atoms with Gasteiger partial charge in [-0.2, -0.15) is 0 Å². The second-order valence-corrected chi connectivity index (χ2v) is 10.4. The Morgan fingerprint density at radius 1 is 0.884 bits per heavy atom. The summed E-state index contributed by atoms with van der Waals surface area (Å²) in [5.41, 5.74) is 0.319. The van der Waals surface area contributed by atoms with Gasteiger partial charge in [0.05, 0.1) is 12.8 Å². The zero-order chi connectivity index (χ0) is 32.0. The molecule has 4 N–H and O–H groups in total. The van der Waals surface area contributed by atoms with Crippen molar-refractivity contribution in [1.82, 2.24) is 16.0 Å². The Hall–Kier alpha value is -4.69. The van der Waals surface area contributed by atoms with E-state index < -0.39 is 54.1 Å². The maximum Gasteiger partial charge on any atom is 0.408 e. The number of hydrogen-bond donors (Lipinski definition) is 4. The molecule has 14 heteroatoms. The lowest BCUT2D eigenvalue weighted by Gasteiger charge is -2.25. The van der Waals surface area contributed by atoms with E-state index in [9.17, 15) is 29.2 Å². The van der Waals surface area contributed by atoms with Crippen LogP contribution in [0.4, 0.5) is 10.5 Å². The van der Waals surface area contributed by atoms with E-state index in [-0.39, 0.29) is 36.8 Å². The second kappa shape index (κ2) is 16.7. The third-order valence-corrected chi connectivity index (χ3v) is 5.75. The molecule has 0 aliphatic heterocycles. The van der Waals surface area contributed by atoms with E-state index in [4.69, 9.17) is 14.7 Å². The molecule has 2 aromatic rings. The van der Waals surface area contributed by atoms with Crippen molar-refractivity contribution in [2.45, 2.75) is 64.3 Å². The molecule has 2 rings (SSSR count). The Kier molecular flexibility index (Phi) is 13.4. The lowest BCUT2D eigenvalue weighted by Crippen LogP contribution is -2.55. The molecule has 234 valence electrons. The molecule has 3 amide bonds. The maximum atomic E-state index is 13.3. The van der Waals surface area contributed by atoms with Gasteiger partial charge in [-0.15, -0.1) is 0 Å². The molecular weight excluding hydrogens is 564 g/mol. The first-order valence-electron chi connectivity index (χ1n) is 13.4. The van der Waals surface area contributed by atoms with Crippen molar-refractivity contribution in [3.8, 4) is 0 Å². The lowest BCUT2D eigenvalue weighted by molar-refractivity contribution is -0.145. The van der Waals surface area contributed by atoms with Crippen LogP contribution >= 0.6 is 0 Å². The van der Waals surface area contributed by atoms with Crippen LogP contribution in [0.1, 0.15) is 44.7 Å². The molecule has 0 saturated heterocycles. The normalized spacial score (nSPS) is 12.2. The summed E-state index contributed by atoms with van der Waals surface area (Å²) < 4.78 is 15.0. The van der Waals surface area contributed by atoms with Crippen LogP contribution in [0.25, 0.3) is 0 Å². The summed E-state index contributed by atoms with van der Waals surface area (Å²) >= 11 is 0. The molecule has 0 saturated carbocycles. The molecular formula is C29H37N4O10-. The van der Waals surface area contributed by atoms with Gasteiger partial charge in [0.15, 0.2) is 0 Å². The molecule has 2 unspecified atom stereocenters. The van der Waals surface area contributed by atoms with Gasteiger partial charge in [0.1, 0.15) is 30.8 Å². The molecule has 43 heavy (non-hydrogen) atoms. The van der Waals surface area contributed by atoms with Crippen LogP contribution in [-0.4, -0.2) is 66.4 Å². The first-order valence-corrected chi connectivity index (χ1v) is 13.4. The third kappa shape index (κ3) is 13.2. The molecule has 0 spiro atoms. The molecule has 2 atom stereocenters. The minimum Gasteiger partial charge on any atom is -0.733 e. The predicted octanol–water partition coefficient (Wildman–Crippen LogP) is 2.11. The number of alkyl carbamates (subject to hydrolysis) is 1. The van der Waals surface area contributed by atoms with Crippen LogP contribution in [0, 0.1) is 5.21 Å². The highest BCUT2D eigenvalue weighted by Crippen LogP contribution is 2.15. The van der Waals surface area contributed by atoms with Crippen LogP contribution in [0.5, 0.6) is 0 Å². The van der Waals surface area contributed by atoms with E-state index in [0.717, 1.165) is 5.56 Å². The van der Waals surface area contributed by atoms with Crippen LogP contribution in [0.2, 0.25) is 0 Å². The molecule has 2 aromatic carbocycles. The Balaban J connectivity index is 2.17. The van der Waals surface area contributed by atoms with E-state index in [1.807, 2.05) is 6.07 Å². The molecule has 0 heterocycles. The topological polar surface area (TPSA) is 196 Å². The summed E-state index contributed by atoms with van der Waals surface area (Å²) in [4.78, 5) is 62.9. The fourth-order valence-electron chi connectivity index (χ4n) is 3.63. The molecule has 0 fully saturated rings. The number of nitrogens with zero attached hydrogens (tertiary/aromatic N) is 1. The van der Waals surface area contributed by atoms with E-state index in [1.165, 1.54) is 31.4 Å². The Morgan fingerprint density at radius 3 is 2.12 bits per heavy atom. The van der Waals surface area contributed by atoms with Gasteiger partial charge in [-0.25, -0.2) is 4.79 Å². The lowest BCUT2D eigenvalue weighted by atomic mass is 10.0. The van der Waals surface area contributed by atoms with Crippen LogP contribution in [0.3, 0.4) is 0 Å². The third-order valence-electron chi connectivity index (χ3n) is 5.75. The van der Waals surface area contributed by atoms with Gasteiger partial charge in [-0.05, 0) is 50.5 Å². The van der Waals surface area contributed by atoms with Crippen LogP contribution in [-0.2, 0) is 46.4 Å². The predicted molar refractivity (Wildman–Crippen MR) is 153 cm³/mol. The van der Waals surface area contributed by atoms with Gasteiger partial charge in [-0.1, -0.05) is 42.5 Å². The van der Waals surface area contributed by atoms with Crippen LogP contribution < -0.4 is 21.2 Å². The van der Waals surface area contributed by atoms with Crippen molar-refractivity contribution < 1.29 is 43.4 Å². The second-order valence-electron chi connectivity index (χ2n) is 10.4. The first kappa shape index (κ1) is 34.5. The Labute approximate surface area is 249 Å². The van der Waals surface area contributed by atoms with Crippen molar-refractivity contribution in [3.63, 3.8) is 0 Å². The number of carbonyl (C=O) groups excluding carboxylic acids is 5. The number of rotatable bonds is 14. The first-order chi connectivity index (χ1) is 20.3. The van der Waals surface area contributed by atoms with Crippen molar-refractivity contribution in [1.29, 1.82) is 0 Å². The smallest absolute Gasteiger partial charge is 0.408 e. The van der Waals surface area contributed by atoms with Gasteiger partial charge < -0.3 is 40.6 Å².